The van der Waals surface area contributed by atoms with E-state index < -0.39 is 6.03 Å². The van der Waals surface area contributed by atoms with Gasteiger partial charge < -0.3 is 5.32 Å². The minimum Gasteiger partial charge on any atom is -0.335 e. The van der Waals surface area contributed by atoms with Crippen LogP contribution in [0.25, 0.3) is 16.7 Å². The van der Waals surface area contributed by atoms with Gasteiger partial charge in [-0.3, -0.25) is 14.7 Å². The Bertz CT molecular complexity index is 940. The van der Waals surface area contributed by atoms with E-state index >= 15 is 0 Å². The molecule has 140 valence electrons. The van der Waals surface area contributed by atoms with Gasteiger partial charge in [0.25, 0.3) is 0 Å². The van der Waals surface area contributed by atoms with Gasteiger partial charge in [-0.05, 0) is 37.6 Å². The third-order valence-electron chi connectivity index (χ3n) is 4.12. The summed E-state index contributed by atoms with van der Waals surface area (Å²) in [5.41, 5.74) is 2.81. The molecule has 3 aromatic rings. The van der Waals surface area contributed by atoms with Crippen LogP contribution >= 0.6 is 11.8 Å². The largest absolute Gasteiger partial charge is 0.335 e. The molecule has 27 heavy (non-hydrogen) atoms. The van der Waals surface area contributed by atoms with E-state index in [1.54, 1.807) is 0 Å². The molecule has 1 aromatic heterocycles. The normalized spacial score (nSPS) is 11.9. The zero-order valence-corrected chi connectivity index (χ0v) is 16.1. The van der Waals surface area contributed by atoms with Crippen molar-refractivity contribution in [1.29, 1.82) is 0 Å². The molecule has 7 heteroatoms. The topological polar surface area (TPSA) is 76.0 Å². The molecule has 3 amide bonds. The molecule has 0 bridgehead atoms. The number of nitrogens with one attached hydrogen (secondary N) is 2. The number of urea groups is 1. The summed E-state index contributed by atoms with van der Waals surface area (Å²) in [5.74, 6) is -0.253. The number of imidazole rings is 1. The van der Waals surface area contributed by atoms with Crippen molar-refractivity contribution in [3.8, 4) is 5.69 Å². The molecular formula is C20H22N4O2S. The number of hydrogen-bond acceptors (Lipinski definition) is 4. The van der Waals surface area contributed by atoms with Crippen LogP contribution in [0.1, 0.15) is 20.3 Å². The van der Waals surface area contributed by atoms with E-state index in [9.17, 15) is 9.59 Å². The number of imide groups is 1. The molecule has 0 aliphatic heterocycles. The lowest BCUT2D eigenvalue weighted by Crippen LogP contribution is -2.43. The molecule has 0 fully saturated rings. The van der Waals surface area contributed by atoms with E-state index in [0.29, 0.717) is 5.16 Å². The summed E-state index contributed by atoms with van der Waals surface area (Å²) in [6, 6.07) is 17.3. The average Bonchev–Trinajstić information content (AvgIpc) is 3.05. The molecule has 6 nitrogen and oxygen atoms in total. The highest BCUT2D eigenvalue weighted by Gasteiger charge is 2.15. The van der Waals surface area contributed by atoms with Crippen molar-refractivity contribution in [3.63, 3.8) is 0 Å². The fourth-order valence-corrected chi connectivity index (χ4v) is 3.41. The summed E-state index contributed by atoms with van der Waals surface area (Å²) >= 11 is 1.30. The summed E-state index contributed by atoms with van der Waals surface area (Å²) in [7, 11) is 0. The Balaban J connectivity index is 1.75. The Kier molecular flexibility index (Phi) is 6.13. The molecule has 1 heterocycles. The molecule has 2 aromatic carbocycles. The van der Waals surface area contributed by atoms with Crippen LogP contribution in [0.3, 0.4) is 0 Å². The number of nitrogens with zero attached hydrogens (tertiary/aromatic N) is 2. The Hall–Kier alpha value is -2.80. The number of thioether (sulfide) groups is 1. The number of para-hydroxylation sites is 3. The Labute approximate surface area is 162 Å². The van der Waals surface area contributed by atoms with E-state index in [1.165, 1.54) is 11.8 Å². The first-order valence-electron chi connectivity index (χ1n) is 8.84. The van der Waals surface area contributed by atoms with E-state index in [0.717, 1.165) is 23.1 Å². The van der Waals surface area contributed by atoms with Crippen molar-refractivity contribution in [1.82, 2.24) is 20.2 Å². The maximum absolute atomic E-state index is 12.1. The molecule has 0 saturated heterocycles. The van der Waals surface area contributed by atoms with Crippen LogP contribution in [0, 0.1) is 0 Å². The summed E-state index contributed by atoms with van der Waals surface area (Å²) < 4.78 is 2.02. The van der Waals surface area contributed by atoms with Gasteiger partial charge in [0, 0.05) is 11.7 Å². The van der Waals surface area contributed by atoms with Gasteiger partial charge in [0.05, 0.1) is 16.8 Å². The Morgan fingerprint density at radius 3 is 2.56 bits per heavy atom. The van der Waals surface area contributed by atoms with E-state index in [4.69, 9.17) is 0 Å². The molecule has 2 N–H and O–H groups in total. The number of carbonyl (C=O) groups is 2. The van der Waals surface area contributed by atoms with Gasteiger partial charge in [0.2, 0.25) is 5.91 Å². The van der Waals surface area contributed by atoms with Gasteiger partial charge in [-0.1, -0.05) is 49.0 Å². The van der Waals surface area contributed by atoms with E-state index in [2.05, 4.69) is 15.6 Å². The molecule has 0 aliphatic carbocycles. The summed E-state index contributed by atoms with van der Waals surface area (Å²) in [5, 5.41) is 5.79. The van der Waals surface area contributed by atoms with Gasteiger partial charge >= 0.3 is 6.03 Å². The third kappa shape index (κ3) is 4.68. The SMILES string of the molecule is CC[C@@H](C)NC(=O)NC(=O)CSc1nc2ccccc2n1-c1ccccc1. The van der Waals surface area contributed by atoms with Gasteiger partial charge in [-0.2, -0.15) is 0 Å². The first-order valence-corrected chi connectivity index (χ1v) is 9.83. The fourth-order valence-electron chi connectivity index (χ4n) is 2.58. The zero-order valence-electron chi connectivity index (χ0n) is 15.3. The highest BCUT2D eigenvalue weighted by molar-refractivity contribution is 7.99. The number of rotatable bonds is 6. The second-order valence-electron chi connectivity index (χ2n) is 6.17. The van der Waals surface area contributed by atoms with Crippen molar-refractivity contribution >= 4 is 34.7 Å². The maximum Gasteiger partial charge on any atom is 0.321 e. The predicted molar refractivity (Wildman–Crippen MR) is 108 cm³/mol. The average molecular weight is 382 g/mol. The van der Waals surface area contributed by atoms with Gasteiger partial charge in [0.15, 0.2) is 5.16 Å². The number of benzene rings is 2. The van der Waals surface area contributed by atoms with Gasteiger partial charge in [-0.25, -0.2) is 9.78 Å². The molecule has 0 aliphatic rings. The standard InChI is InChI=1S/C20H22N4O2S/c1-3-14(2)21-19(26)23-18(25)13-27-20-22-16-11-7-8-12-17(16)24(20)15-9-5-4-6-10-15/h4-12,14H,3,13H2,1-2H3,(H2,21,23,25,26)/t14-/m1/s1. The van der Waals surface area contributed by atoms with Crippen LogP contribution in [0.4, 0.5) is 4.79 Å². The van der Waals surface area contributed by atoms with Crippen LogP contribution in [0.5, 0.6) is 0 Å². The Morgan fingerprint density at radius 1 is 1.11 bits per heavy atom. The van der Waals surface area contributed by atoms with Crippen molar-refractivity contribution in [2.75, 3.05) is 5.75 Å². The van der Waals surface area contributed by atoms with E-state index in [-0.39, 0.29) is 17.7 Å². The highest BCUT2D eigenvalue weighted by atomic mass is 32.2. The zero-order chi connectivity index (χ0) is 19.2. The summed E-state index contributed by atoms with van der Waals surface area (Å²) in [6.07, 6.45) is 0.803. The lowest BCUT2D eigenvalue weighted by Gasteiger charge is -2.12. The number of amides is 3. The second-order valence-corrected chi connectivity index (χ2v) is 7.12. The number of carbonyl (C=O) groups excluding carboxylic acids is 2. The van der Waals surface area contributed by atoms with Crippen LogP contribution < -0.4 is 10.6 Å². The quantitative estimate of drug-likeness (QED) is 0.637. The third-order valence-corrected chi connectivity index (χ3v) is 5.06. The van der Waals surface area contributed by atoms with Crippen LogP contribution in [-0.4, -0.2) is 33.3 Å². The predicted octanol–water partition coefficient (Wildman–Crippen LogP) is 3.74. The van der Waals surface area contributed by atoms with Crippen molar-refractivity contribution in [2.24, 2.45) is 0 Å². The number of hydrogen-bond donors (Lipinski definition) is 2. The number of aromatic nitrogens is 2. The lowest BCUT2D eigenvalue weighted by atomic mass is 10.3. The monoisotopic (exact) mass is 382 g/mol. The Morgan fingerprint density at radius 2 is 1.81 bits per heavy atom. The highest BCUT2D eigenvalue weighted by Crippen LogP contribution is 2.27. The van der Waals surface area contributed by atoms with Gasteiger partial charge in [-0.15, -0.1) is 0 Å². The molecule has 0 radical (unpaired) electrons. The number of fused-ring (bicyclic) bond motifs is 1. The smallest absolute Gasteiger partial charge is 0.321 e. The molecule has 0 saturated carbocycles. The minimum atomic E-state index is -0.466. The minimum absolute atomic E-state index is 0.0210. The van der Waals surface area contributed by atoms with Crippen LogP contribution in [0.15, 0.2) is 59.8 Å². The van der Waals surface area contributed by atoms with Crippen molar-refractivity contribution < 1.29 is 9.59 Å². The fraction of sp³-hybridized carbons (Fsp3) is 0.250. The molecule has 3 rings (SSSR count). The van der Waals surface area contributed by atoms with Crippen molar-refractivity contribution in [2.45, 2.75) is 31.5 Å². The lowest BCUT2D eigenvalue weighted by molar-refractivity contribution is -0.117. The second kappa shape index (κ2) is 8.73. The summed E-state index contributed by atoms with van der Waals surface area (Å²) in [4.78, 5) is 28.6. The molecule has 0 spiro atoms. The maximum atomic E-state index is 12.1. The van der Waals surface area contributed by atoms with Crippen LogP contribution in [0.2, 0.25) is 0 Å². The first kappa shape index (κ1) is 19.0. The summed E-state index contributed by atoms with van der Waals surface area (Å²) in [6.45, 7) is 3.86. The van der Waals surface area contributed by atoms with Crippen LogP contribution in [-0.2, 0) is 4.79 Å². The first-order chi connectivity index (χ1) is 13.1. The molecule has 1 atom stereocenters. The van der Waals surface area contributed by atoms with E-state index in [1.807, 2.05) is 73.0 Å². The van der Waals surface area contributed by atoms with Crippen molar-refractivity contribution in [3.05, 3.63) is 54.6 Å². The molecular weight excluding hydrogens is 360 g/mol. The molecule has 0 unspecified atom stereocenters. The van der Waals surface area contributed by atoms with Gasteiger partial charge in [0.1, 0.15) is 0 Å².